The molecular weight excluding hydrogens is 259 g/mol. The lowest BCUT2D eigenvalue weighted by atomic mass is 10.1. The molecule has 3 nitrogen and oxygen atoms in total. The van der Waals surface area contributed by atoms with E-state index in [0.717, 1.165) is 0 Å². The molecule has 1 atom stereocenters. The Labute approximate surface area is 107 Å². The molecule has 1 aliphatic carbocycles. The van der Waals surface area contributed by atoms with Crippen molar-refractivity contribution in [2.75, 3.05) is 5.32 Å². The molecule has 1 fully saturated rings. The standard InChI is InChI=1S/C13H12F3NO2/c14-9-1-3-10(4-2-9)17-12(19)6-11(18)5-8-7-13(8,15)16/h1-4,8H,5-7H2,(H,17,19). The van der Waals surface area contributed by atoms with Crippen LogP contribution >= 0.6 is 0 Å². The molecule has 19 heavy (non-hydrogen) atoms. The highest BCUT2D eigenvalue weighted by Gasteiger charge is 2.57. The average Bonchev–Trinajstić information content (AvgIpc) is 2.88. The van der Waals surface area contributed by atoms with Crippen molar-refractivity contribution in [2.45, 2.75) is 25.2 Å². The van der Waals surface area contributed by atoms with Gasteiger partial charge in [0.05, 0.1) is 6.42 Å². The molecule has 1 aromatic rings. The summed E-state index contributed by atoms with van der Waals surface area (Å²) in [6, 6.07) is 5.05. The number of anilines is 1. The molecule has 1 saturated carbocycles. The van der Waals surface area contributed by atoms with Gasteiger partial charge in [-0.1, -0.05) is 0 Å². The summed E-state index contributed by atoms with van der Waals surface area (Å²) in [7, 11) is 0. The largest absolute Gasteiger partial charge is 0.326 e. The molecule has 0 spiro atoms. The summed E-state index contributed by atoms with van der Waals surface area (Å²) < 4.78 is 37.8. The number of carbonyl (C=O) groups excluding carboxylic acids is 2. The molecule has 1 aliphatic rings. The molecule has 0 aliphatic heterocycles. The van der Waals surface area contributed by atoms with Crippen LogP contribution in [-0.4, -0.2) is 17.6 Å². The Bertz CT molecular complexity index is 499. The van der Waals surface area contributed by atoms with Crippen molar-refractivity contribution < 1.29 is 22.8 Å². The summed E-state index contributed by atoms with van der Waals surface area (Å²) in [6.07, 6.45) is -0.994. The summed E-state index contributed by atoms with van der Waals surface area (Å²) in [5.41, 5.74) is 0.357. The summed E-state index contributed by atoms with van der Waals surface area (Å²) in [5.74, 6) is -5.20. The Balaban J connectivity index is 1.78. The normalized spacial score (nSPS) is 19.8. The highest BCUT2D eigenvalue weighted by Crippen LogP contribution is 2.50. The van der Waals surface area contributed by atoms with E-state index in [4.69, 9.17) is 0 Å². The molecule has 0 radical (unpaired) electrons. The van der Waals surface area contributed by atoms with Gasteiger partial charge in [-0.05, 0) is 24.3 Å². The van der Waals surface area contributed by atoms with Gasteiger partial charge in [0.2, 0.25) is 5.91 Å². The molecule has 1 unspecified atom stereocenters. The second-order valence-electron chi connectivity index (χ2n) is 4.64. The van der Waals surface area contributed by atoms with E-state index < -0.39 is 35.8 Å². The number of rotatable bonds is 5. The van der Waals surface area contributed by atoms with Crippen molar-refractivity contribution in [3.05, 3.63) is 30.1 Å². The van der Waals surface area contributed by atoms with Crippen LogP contribution in [0.5, 0.6) is 0 Å². The average molecular weight is 271 g/mol. The third kappa shape index (κ3) is 3.81. The highest BCUT2D eigenvalue weighted by molar-refractivity contribution is 6.04. The van der Waals surface area contributed by atoms with Crippen LogP contribution in [0.3, 0.4) is 0 Å². The maximum Gasteiger partial charge on any atom is 0.252 e. The van der Waals surface area contributed by atoms with E-state index in [0.29, 0.717) is 5.69 Å². The molecule has 1 N–H and O–H groups in total. The van der Waals surface area contributed by atoms with Gasteiger partial charge in [0.15, 0.2) is 0 Å². The molecule has 2 rings (SSSR count). The van der Waals surface area contributed by atoms with Gasteiger partial charge in [-0.3, -0.25) is 9.59 Å². The maximum absolute atomic E-state index is 12.6. The second-order valence-corrected chi connectivity index (χ2v) is 4.64. The van der Waals surface area contributed by atoms with Crippen LogP contribution < -0.4 is 5.32 Å². The predicted molar refractivity (Wildman–Crippen MR) is 62.3 cm³/mol. The monoisotopic (exact) mass is 271 g/mol. The second kappa shape index (κ2) is 5.03. The summed E-state index contributed by atoms with van der Waals surface area (Å²) in [6.45, 7) is 0. The quantitative estimate of drug-likeness (QED) is 0.837. The number of alkyl halides is 2. The van der Waals surface area contributed by atoms with E-state index in [1.165, 1.54) is 24.3 Å². The number of hydrogen-bond acceptors (Lipinski definition) is 2. The Kier molecular flexibility index (Phi) is 3.59. The van der Waals surface area contributed by atoms with Crippen LogP contribution in [-0.2, 0) is 9.59 Å². The van der Waals surface area contributed by atoms with E-state index in [1.54, 1.807) is 0 Å². The van der Waals surface area contributed by atoms with Gasteiger partial charge in [-0.25, -0.2) is 13.2 Å². The minimum atomic E-state index is -2.75. The minimum Gasteiger partial charge on any atom is -0.326 e. The first kappa shape index (κ1) is 13.6. The summed E-state index contributed by atoms with van der Waals surface area (Å²) >= 11 is 0. The Morgan fingerprint density at radius 3 is 2.37 bits per heavy atom. The SMILES string of the molecule is O=C(CC(=O)Nc1ccc(F)cc1)CC1CC1(F)F. The molecule has 0 bridgehead atoms. The van der Waals surface area contributed by atoms with E-state index in [9.17, 15) is 22.8 Å². The van der Waals surface area contributed by atoms with E-state index in [-0.39, 0.29) is 12.8 Å². The lowest BCUT2D eigenvalue weighted by molar-refractivity contribution is -0.126. The summed E-state index contributed by atoms with van der Waals surface area (Å²) in [5, 5.41) is 2.40. The lowest BCUT2D eigenvalue weighted by Gasteiger charge is -2.04. The van der Waals surface area contributed by atoms with Crippen molar-refractivity contribution in [3.63, 3.8) is 0 Å². The number of hydrogen-bond donors (Lipinski definition) is 1. The highest BCUT2D eigenvalue weighted by atomic mass is 19.3. The van der Waals surface area contributed by atoms with Crippen LogP contribution in [0, 0.1) is 11.7 Å². The van der Waals surface area contributed by atoms with Gasteiger partial charge >= 0.3 is 0 Å². The van der Waals surface area contributed by atoms with Crippen LogP contribution in [0.15, 0.2) is 24.3 Å². The zero-order valence-electron chi connectivity index (χ0n) is 9.96. The smallest absolute Gasteiger partial charge is 0.252 e. The number of halogens is 3. The first-order valence-electron chi connectivity index (χ1n) is 5.82. The molecule has 0 aromatic heterocycles. The van der Waals surface area contributed by atoms with Gasteiger partial charge in [0, 0.05) is 24.4 Å². The van der Waals surface area contributed by atoms with Crippen LogP contribution in [0.25, 0.3) is 0 Å². The van der Waals surface area contributed by atoms with Gasteiger partial charge < -0.3 is 5.32 Å². The Hall–Kier alpha value is -1.85. The van der Waals surface area contributed by atoms with Crippen LogP contribution in [0.1, 0.15) is 19.3 Å². The van der Waals surface area contributed by atoms with Gasteiger partial charge in [0.25, 0.3) is 5.92 Å². The number of nitrogens with one attached hydrogen (secondary N) is 1. The molecule has 102 valence electrons. The minimum absolute atomic E-state index is 0.274. The third-order valence-electron chi connectivity index (χ3n) is 2.92. The van der Waals surface area contributed by atoms with Crippen molar-refractivity contribution in [1.82, 2.24) is 0 Å². The number of ketones is 1. The molecule has 6 heteroatoms. The van der Waals surface area contributed by atoms with Gasteiger partial charge in [-0.15, -0.1) is 0 Å². The van der Waals surface area contributed by atoms with E-state index in [2.05, 4.69) is 5.32 Å². The van der Waals surface area contributed by atoms with Crippen molar-refractivity contribution in [3.8, 4) is 0 Å². The summed E-state index contributed by atoms with van der Waals surface area (Å²) in [4.78, 5) is 22.8. The number of carbonyl (C=O) groups is 2. The zero-order chi connectivity index (χ0) is 14.0. The van der Waals surface area contributed by atoms with Crippen LogP contribution in [0.4, 0.5) is 18.9 Å². The van der Waals surface area contributed by atoms with Crippen LogP contribution in [0.2, 0.25) is 0 Å². The Morgan fingerprint density at radius 2 is 1.84 bits per heavy atom. The third-order valence-corrected chi connectivity index (χ3v) is 2.92. The first-order valence-corrected chi connectivity index (χ1v) is 5.82. The number of Topliss-reactive ketones (excluding diaryl/α,β-unsaturated/α-hetero) is 1. The number of amides is 1. The zero-order valence-corrected chi connectivity index (χ0v) is 9.96. The number of benzene rings is 1. The molecule has 0 saturated heterocycles. The van der Waals surface area contributed by atoms with Crippen molar-refractivity contribution >= 4 is 17.4 Å². The fourth-order valence-electron chi connectivity index (χ4n) is 1.76. The molecule has 0 heterocycles. The molecular formula is C13H12F3NO2. The van der Waals surface area contributed by atoms with Crippen molar-refractivity contribution in [2.24, 2.45) is 5.92 Å². The first-order chi connectivity index (χ1) is 8.87. The van der Waals surface area contributed by atoms with Gasteiger partial charge in [0.1, 0.15) is 11.6 Å². The topological polar surface area (TPSA) is 46.2 Å². The van der Waals surface area contributed by atoms with E-state index >= 15 is 0 Å². The fraction of sp³-hybridized carbons (Fsp3) is 0.385. The molecule has 1 amide bonds. The fourth-order valence-corrected chi connectivity index (χ4v) is 1.76. The Morgan fingerprint density at radius 1 is 1.26 bits per heavy atom. The predicted octanol–water partition coefficient (Wildman–Crippen LogP) is 2.77. The van der Waals surface area contributed by atoms with E-state index in [1.807, 2.05) is 0 Å². The lowest BCUT2D eigenvalue weighted by Crippen LogP contribution is -2.17. The maximum atomic E-state index is 12.6. The molecule has 1 aromatic carbocycles. The van der Waals surface area contributed by atoms with Gasteiger partial charge in [-0.2, -0.15) is 0 Å². The van der Waals surface area contributed by atoms with Crippen molar-refractivity contribution in [1.29, 1.82) is 0 Å².